The van der Waals surface area contributed by atoms with Gasteiger partial charge >= 0.3 is 0 Å². The molecule has 0 saturated heterocycles. The first-order chi connectivity index (χ1) is 20.4. The van der Waals surface area contributed by atoms with E-state index in [1.807, 2.05) is 67.6 Å². The molecule has 0 unspecified atom stereocenters. The number of rotatable bonds is 9. The molecular formula is C32H30Cl2N8. The van der Waals surface area contributed by atoms with Crippen molar-refractivity contribution in [3.05, 3.63) is 105 Å². The van der Waals surface area contributed by atoms with E-state index in [9.17, 15) is 0 Å². The van der Waals surface area contributed by atoms with E-state index in [1.165, 1.54) is 0 Å². The average Bonchev–Trinajstić information content (AvgIpc) is 3.86. The normalized spacial score (nSPS) is 12.8. The maximum atomic E-state index is 6.65. The molecule has 1 aliphatic carbocycles. The van der Waals surface area contributed by atoms with Gasteiger partial charge in [0.25, 0.3) is 0 Å². The van der Waals surface area contributed by atoms with Crippen LogP contribution in [0.25, 0.3) is 33.9 Å². The van der Waals surface area contributed by atoms with Crippen LogP contribution in [0.15, 0.2) is 72.8 Å². The number of anilines is 2. The largest absolute Gasteiger partial charge is 0.326 e. The Morgan fingerprint density at radius 1 is 0.738 bits per heavy atom. The number of nitrogens with zero attached hydrogens (tertiary/aromatic N) is 4. The van der Waals surface area contributed by atoms with Gasteiger partial charge in [0.1, 0.15) is 5.82 Å². The molecule has 0 amide bonds. The molecular weight excluding hydrogens is 567 g/mol. The number of aromatic nitrogens is 4. The van der Waals surface area contributed by atoms with Crippen LogP contribution in [0, 0.1) is 6.92 Å². The van der Waals surface area contributed by atoms with Gasteiger partial charge in [-0.15, -0.1) is 0 Å². The van der Waals surface area contributed by atoms with Crippen LogP contribution in [0.5, 0.6) is 0 Å². The highest BCUT2D eigenvalue weighted by Crippen LogP contribution is 2.40. The second kappa shape index (κ2) is 12.0. The number of halogens is 2. The summed E-state index contributed by atoms with van der Waals surface area (Å²) in [6.07, 6.45) is 2.13. The molecule has 6 N–H and O–H groups in total. The number of hydrazine groups is 1. The molecule has 2 heterocycles. The van der Waals surface area contributed by atoms with E-state index in [4.69, 9.17) is 54.6 Å². The van der Waals surface area contributed by atoms with Crippen LogP contribution in [0.4, 0.5) is 11.6 Å². The van der Waals surface area contributed by atoms with E-state index < -0.39 is 0 Å². The number of nitrogens with two attached hydrogens (primary N) is 2. The second-order valence-electron chi connectivity index (χ2n) is 10.3. The van der Waals surface area contributed by atoms with Crippen molar-refractivity contribution in [2.24, 2.45) is 11.5 Å². The zero-order chi connectivity index (χ0) is 29.2. The van der Waals surface area contributed by atoms with Crippen LogP contribution in [0.3, 0.4) is 0 Å². The lowest BCUT2D eigenvalue weighted by molar-refractivity contribution is 0.903. The van der Waals surface area contributed by atoms with Crippen LogP contribution in [0.1, 0.15) is 41.3 Å². The van der Waals surface area contributed by atoms with E-state index >= 15 is 0 Å². The maximum absolute atomic E-state index is 6.65. The number of hydrogen-bond acceptors (Lipinski definition) is 8. The molecule has 0 spiro atoms. The van der Waals surface area contributed by atoms with Gasteiger partial charge in [0.05, 0.1) is 16.4 Å². The lowest BCUT2D eigenvalue weighted by Crippen LogP contribution is -2.20. The molecule has 1 saturated carbocycles. The standard InChI is InChI=1S/C32H30Cl2N8/c1-18-7-9-20(10-8-18)30-38-28(23-14-13-22(33)15-26(23)34)25(17-36)32(40-30)42-41-31-24(16-35)27(19-5-3-2-4-6-19)37-29(39-31)21-11-12-21/h2-10,13-15,21H,11-12,16-17,35-36H2,1H3,(H,37,39,41)(H,38,40,42). The molecule has 212 valence electrons. The maximum Gasteiger partial charge on any atom is 0.162 e. The Hall–Kier alpha value is -4.08. The van der Waals surface area contributed by atoms with E-state index in [-0.39, 0.29) is 13.1 Å². The van der Waals surface area contributed by atoms with E-state index in [0.29, 0.717) is 50.2 Å². The Bertz CT molecular complexity index is 1740. The van der Waals surface area contributed by atoms with Crippen molar-refractivity contribution in [3.63, 3.8) is 0 Å². The molecule has 0 radical (unpaired) electrons. The Morgan fingerprint density at radius 2 is 1.40 bits per heavy atom. The minimum atomic E-state index is 0.155. The minimum absolute atomic E-state index is 0.155. The first-order valence-corrected chi connectivity index (χ1v) is 14.5. The summed E-state index contributed by atoms with van der Waals surface area (Å²) in [5, 5.41) is 0.997. The van der Waals surface area contributed by atoms with Crippen LogP contribution in [0.2, 0.25) is 10.0 Å². The first kappa shape index (κ1) is 28.1. The van der Waals surface area contributed by atoms with Crippen molar-refractivity contribution in [2.75, 3.05) is 10.9 Å². The highest BCUT2D eigenvalue weighted by Gasteiger charge is 2.29. The predicted molar refractivity (Wildman–Crippen MR) is 170 cm³/mol. The fraction of sp³-hybridized carbons (Fsp3) is 0.188. The summed E-state index contributed by atoms with van der Waals surface area (Å²) >= 11 is 12.9. The molecule has 8 nitrogen and oxygen atoms in total. The Kier molecular flexibility index (Phi) is 8.04. The van der Waals surface area contributed by atoms with Crippen molar-refractivity contribution in [2.45, 2.75) is 38.8 Å². The first-order valence-electron chi connectivity index (χ1n) is 13.8. The molecule has 6 rings (SSSR count). The summed E-state index contributed by atoms with van der Waals surface area (Å²) in [5.41, 5.74) is 25.7. The van der Waals surface area contributed by atoms with Crippen molar-refractivity contribution in [1.29, 1.82) is 0 Å². The Labute approximate surface area is 254 Å². The van der Waals surface area contributed by atoms with Gasteiger partial charge in [-0.25, -0.2) is 19.9 Å². The molecule has 42 heavy (non-hydrogen) atoms. The van der Waals surface area contributed by atoms with Gasteiger partial charge in [-0.1, -0.05) is 83.4 Å². The van der Waals surface area contributed by atoms with Crippen LogP contribution in [-0.2, 0) is 13.1 Å². The van der Waals surface area contributed by atoms with Gasteiger partial charge in [-0.2, -0.15) is 0 Å². The lowest BCUT2D eigenvalue weighted by Gasteiger charge is -2.20. The third-order valence-corrected chi connectivity index (χ3v) is 7.77. The SMILES string of the molecule is Cc1ccc(-c2nc(NNc3nc(C4CC4)nc(-c4ccccc4)c3CN)c(CN)c(-c3ccc(Cl)cc3Cl)n2)cc1. The van der Waals surface area contributed by atoms with Gasteiger partial charge in [0.15, 0.2) is 17.5 Å². The van der Waals surface area contributed by atoms with Crippen molar-refractivity contribution in [1.82, 2.24) is 19.9 Å². The minimum Gasteiger partial charge on any atom is -0.326 e. The topological polar surface area (TPSA) is 128 Å². The summed E-state index contributed by atoms with van der Waals surface area (Å²) in [7, 11) is 0. The summed E-state index contributed by atoms with van der Waals surface area (Å²) in [6.45, 7) is 2.43. The highest BCUT2D eigenvalue weighted by molar-refractivity contribution is 6.36. The van der Waals surface area contributed by atoms with Gasteiger partial charge < -0.3 is 11.5 Å². The fourth-order valence-corrected chi connectivity index (χ4v) is 5.29. The Balaban J connectivity index is 1.46. The van der Waals surface area contributed by atoms with Crippen LogP contribution >= 0.6 is 23.2 Å². The molecule has 5 aromatic rings. The summed E-state index contributed by atoms with van der Waals surface area (Å²) in [4.78, 5) is 19.6. The van der Waals surface area contributed by atoms with E-state index in [1.54, 1.807) is 12.1 Å². The molecule has 2 aromatic heterocycles. The second-order valence-corrected chi connectivity index (χ2v) is 11.1. The zero-order valence-electron chi connectivity index (χ0n) is 23.0. The number of benzene rings is 3. The molecule has 1 aliphatic rings. The molecule has 0 bridgehead atoms. The summed E-state index contributed by atoms with van der Waals surface area (Å²) < 4.78 is 0. The molecule has 0 aliphatic heterocycles. The van der Waals surface area contributed by atoms with Crippen molar-refractivity contribution >= 4 is 34.8 Å². The fourth-order valence-electron chi connectivity index (χ4n) is 4.79. The monoisotopic (exact) mass is 596 g/mol. The number of hydrogen-bond donors (Lipinski definition) is 4. The van der Waals surface area contributed by atoms with Gasteiger partial charge in [-0.05, 0) is 38.0 Å². The summed E-state index contributed by atoms with van der Waals surface area (Å²) in [6, 6.07) is 23.4. The smallest absolute Gasteiger partial charge is 0.162 e. The Morgan fingerprint density at radius 3 is 2.05 bits per heavy atom. The average molecular weight is 598 g/mol. The lowest BCUT2D eigenvalue weighted by atomic mass is 10.0. The third-order valence-electron chi connectivity index (χ3n) is 7.22. The zero-order valence-corrected chi connectivity index (χ0v) is 24.5. The quantitative estimate of drug-likeness (QED) is 0.132. The predicted octanol–water partition coefficient (Wildman–Crippen LogP) is 7.12. The molecule has 3 aromatic carbocycles. The van der Waals surface area contributed by atoms with E-state index in [2.05, 4.69) is 10.9 Å². The van der Waals surface area contributed by atoms with Gasteiger partial charge in [-0.3, -0.25) is 10.9 Å². The number of nitrogens with one attached hydrogen (secondary N) is 2. The molecule has 0 atom stereocenters. The van der Waals surface area contributed by atoms with Crippen LogP contribution < -0.4 is 22.3 Å². The third kappa shape index (κ3) is 5.80. The molecule has 10 heteroatoms. The van der Waals surface area contributed by atoms with Gasteiger partial charge in [0, 0.05) is 51.8 Å². The number of aryl methyl sites for hydroxylation is 1. The van der Waals surface area contributed by atoms with Crippen LogP contribution in [-0.4, -0.2) is 19.9 Å². The summed E-state index contributed by atoms with van der Waals surface area (Å²) in [5.74, 6) is 2.75. The van der Waals surface area contributed by atoms with Crippen molar-refractivity contribution < 1.29 is 0 Å². The van der Waals surface area contributed by atoms with E-state index in [0.717, 1.165) is 46.6 Å². The highest BCUT2D eigenvalue weighted by atomic mass is 35.5. The molecule has 1 fully saturated rings. The van der Waals surface area contributed by atoms with Crippen molar-refractivity contribution in [3.8, 4) is 33.9 Å². The van der Waals surface area contributed by atoms with Gasteiger partial charge in [0.2, 0.25) is 0 Å².